The van der Waals surface area contributed by atoms with Gasteiger partial charge in [0, 0.05) is 32.2 Å². The maximum absolute atomic E-state index is 10.9. The summed E-state index contributed by atoms with van der Waals surface area (Å²) in [6.45, 7) is 5.16. The number of carbonyl (C=O) groups is 1. The summed E-state index contributed by atoms with van der Waals surface area (Å²) in [5.74, 6) is 1.32. The summed E-state index contributed by atoms with van der Waals surface area (Å²) in [5.41, 5.74) is 0. The van der Waals surface area contributed by atoms with Crippen LogP contribution in [-0.2, 0) is 0 Å². The van der Waals surface area contributed by atoms with Crippen molar-refractivity contribution in [2.45, 2.75) is 45.4 Å². The number of unbranched alkanes of at least 4 members (excludes halogenated alkanes) is 5. The number of ether oxygens (including phenoxy) is 1. The van der Waals surface area contributed by atoms with Gasteiger partial charge in [-0.25, -0.2) is 4.79 Å². The van der Waals surface area contributed by atoms with Crippen molar-refractivity contribution in [2.24, 2.45) is 0 Å². The van der Waals surface area contributed by atoms with Crippen molar-refractivity contribution >= 4 is 11.9 Å². The lowest BCUT2D eigenvalue weighted by Gasteiger charge is -2.33. The zero-order valence-electron chi connectivity index (χ0n) is 14.5. The molecule has 1 fully saturated rings. The van der Waals surface area contributed by atoms with E-state index >= 15 is 0 Å². The summed E-state index contributed by atoms with van der Waals surface area (Å²) in [6, 6.07) is 3.73. The van der Waals surface area contributed by atoms with Crippen LogP contribution in [0.2, 0.25) is 0 Å². The highest BCUT2D eigenvalue weighted by atomic mass is 16.5. The maximum atomic E-state index is 10.9. The van der Waals surface area contributed by atoms with E-state index in [4.69, 9.17) is 9.84 Å². The molecule has 1 N–H and O–H groups in total. The predicted octanol–water partition coefficient (Wildman–Crippen LogP) is 3.02. The summed E-state index contributed by atoms with van der Waals surface area (Å²) in [5, 5.41) is 17.3. The zero-order chi connectivity index (χ0) is 17.2. The van der Waals surface area contributed by atoms with E-state index in [9.17, 15) is 4.79 Å². The first kappa shape index (κ1) is 18.3. The molecule has 7 heteroatoms. The quantitative estimate of drug-likeness (QED) is 0.698. The van der Waals surface area contributed by atoms with E-state index in [0.29, 0.717) is 38.7 Å². The monoisotopic (exact) mass is 336 g/mol. The summed E-state index contributed by atoms with van der Waals surface area (Å²) >= 11 is 0. The Bertz CT molecular complexity index is 487. The lowest BCUT2D eigenvalue weighted by atomic mass is 10.1. The molecular weight excluding hydrogens is 308 g/mol. The van der Waals surface area contributed by atoms with Crippen LogP contribution in [0.5, 0.6) is 5.88 Å². The smallest absolute Gasteiger partial charge is 0.407 e. The third-order valence-corrected chi connectivity index (χ3v) is 4.25. The van der Waals surface area contributed by atoms with E-state index in [-0.39, 0.29) is 0 Å². The molecule has 7 nitrogen and oxygen atoms in total. The third kappa shape index (κ3) is 5.86. The Morgan fingerprint density at radius 2 is 1.79 bits per heavy atom. The SMILES string of the molecule is CCCCCCCCOc1ccc(N2CCN(C(=O)O)CC2)nn1. The maximum Gasteiger partial charge on any atom is 0.407 e. The molecule has 2 rings (SSSR count). The topological polar surface area (TPSA) is 78.8 Å². The van der Waals surface area contributed by atoms with Gasteiger partial charge in [-0.3, -0.25) is 0 Å². The molecule has 1 saturated heterocycles. The van der Waals surface area contributed by atoms with Crippen LogP contribution in [0.3, 0.4) is 0 Å². The normalized spacial score (nSPS) is 14.7. The Kier molecular flexibility index (Phi) is 7.58. The number of hydrogen-bond acceptors (Lipinski definition) is 5. The van der Waals surface area contributed by atoms with Crippen LogP contribution < -0.4 is 9.64 Å². The average Bonchev–Trinajstić information content (AvgIpc) is 2.61. The van der Waals surface area contributed by atoms with Crippen molar-refractivity contribution in [2.75, 3.05) is 37.7 Å². The van der Waals surface area contributed by atoms with Gasteiger partial charge in [-0.05, 0) is 12.5 Å². The van der Waals surface area contributed by atoms with Gasteiger partial charge in [-0.15, -0.1) is 10.2 Å². The zero-order valence-corrected chi connectivity index (χ0v) is 14.5. The first-order valence-corrected chi connectivity index (χ1v) is 8.90. The lowest BCUT2D eigenvalue weighted by molar-refractivity contribution is 0.142. The predicted molar refractivity (Wildman–Crippen MR) is 92.7 cm³/mol. The highest BCUT2D eigenvalue weighted by Gasteiger charge is 2.21. The van der Waals surface area contributed by atoms with E-state index in [0.717, 1.165) is 12.2 Å². The van der Waals surface area contributed by atoms with Gasteiger partial charge in [0.25, 0.3) is 0 Å². The summed E-state index contributed by atoms with van der Waals surface area (Å²) in [7, 11) is 0. The lowest BCUT2D eigenvalue weighted by Crippen LogP contribution is -2.48. The highest BCUT2D eigenvalue weighted by Crippen LogP contribution is 2.15. The minimum atomic E-state index is -0.862. The molecule has 0 saturated carbocycles. The standard InChI is InChI=1S/C17H28N4O3/c1-2-3-4-5-6-7-14-24-16-9-8-15(18-19-16)20-10-12-21(13-11-20)17(22)23/h8-9H,2-7,10-14H2,1H3,(H,22,23). The number of piperazine rings is 1. The Morgan fingerprint density at radius 3 is 2.42 bits per heavy atom. The third-order valence-electron chi connectivity index (χ3n) is 4.25. The molecule has 0 spiro atoms. The molecule has 1 aromatic rings. The molecule has 0 aromatic carbocycles. The van der Waals surface area contributed by atoms with Crippen molar-refractivity contribution in [3.05, 3.63) is 12.1 Å². The van der Waals surface area contributed by atoms with Gasteiger partial charge >= 0.3 is 6.09 Å². The molecule has 0 aliphatic carbocycles. The second kappa shape index (κ2) is 9.95. The van der Waals surface area contributed by atoms with Crippen molar-refractivity contribution in [3.63, 3.8) is 0 Å². The van der Waals surface area contributed by atoms with Gasteiger partial charge in [-0.1, -0.05) is 39.0 Å². The molecule has 134 valence electrons. The van der Waals surface area contributed by atoms with Crippen LogP contribution in [0.4, 0.5) is 10.6 Å². The number of anilines is 1. The van der Waals surface area contributed by atoms with E-state index in [1.807, 2.05) is 17.0 Å². The molecular formula is C17H28N4O3. The average molecular weight is 336 g/mol. The van der Waals surface area contributed by atoms with E-state index in [2.05, 4.69) is 17.1 Å². The molecule has 24 heavy (non-hydrogen) atoms. The molecule has 0 unspecified atom stereocenters. The Balaban J connectivity index is 1.67. The summed E-state index contributed by atoms with van der Waals surface area (Å²) in [4.78, 5) is 14.4. The van der Waals surface area contributed by atoms with Gasteiger partial charge in [0.2, 0.25) is 5.88 Å². The van der Waals surface area contributed by atoms with Gasteiger partial charge in [0.15, 0.2) is 5.82 Å². The number of carboxylic acid groups (broad SMARTS) is 1. The fourth-order valence-electron chi connectivity index (χ4n) is 2.74. The van der Waals surface area contributed by atoms with Gasteiger partial charge in [0.05, 0.1) is 6.61 Å². The van der Waals surface area contributed by atoms with Crippen LogP contribution in [0.15, 0.2) is 12.1 Å². The largest absolute Gasteiger partial charge is 0.477 e. The second-order valence-electron chi connectivity index (χ2n) is 6.10. The minimum absolute atomic E-state index is 0.493. The summed E-state index contributed by atoms with van der Waals surface area (Å²) < 4.78 is 5.63. The first-order chi connectivity index (χ1) is 11.7. The number of rotatable bonds is 9. The van der Waals surface area contributed by atoms with Gasteiger partial charge < -0.3 is 19.6 Å². The van der Waals surface area contributed by atoms with Gasteiger partial charge in [-0.2, -0.15) is 0 Å². The Hall–Kier alpha value is -2.05. The molecule has 1 aliphatic heterocycles. The minimum Gasteiger partial charge on any atom is -0.477 e. The van der Waals surface area contributed by atoms with Crippen LogP contribution in [0.1, 0.15) is 45.4 Å². The highest BCUT2D eigenvalue weighted by molar-refractivity contribution is 5.65. The fraction of sp³-hybridized carbons (Fsp3) is 0.706. The molecule has 1 amide bonds. The summed E-state index contributed by atoms with van der Waals surface area (Å²) in [6.07, 6.45) is 6.53. The molecule has 2 heterocycles. The Labute approximate surface area is 143 Å². The van der Waals surface area contributed by atoms with Crippen molar-refractivity contribution < 1.29 is 14.6 Å². The van der Waals surface area contributed by atoms with E-state index in [1.165, 1.54) is 37.0 Å². The fourth-order valence-corrected chi connectivity index (χ4v) is 2.74. The van der Waals surface area contributed by atoms with Gasteiger partial charge in [0.1, 0.15) is 0 Å². The van der Waals surface area contributed by atoms with Crippen molar-refractivity contribution in [1.82, 2.24) is 15.1 Å². The van der Waals surface area contributed by atoms with Crippen molar-refractivity contribution in [3.8, 4) is 5.88 Å². The molecule has 0 atom stereocenters. The number of hydrogen-bond donors (Lipinski definition) is 1. The second-order valence-corrected chi connectivity index (χ2v) is 6.10. The van der Waals surface area contributed by atoms with Crippen LogP contribution in [0.25, 0.3) is 0 Å². The molecule has 1 aromatic heterocycles. The molecule has 1 aliphatic rings. The first-order valence-electron chi connectivity index (χ1n) is 8.90. The molecule has 0 bridgehead atoms. The number of amides is 1. The van der Waals surface area contributed by atoms with E-state index in [1.54, 1.807) is 0 Å². The number of nitrogens with zero attached hydrogens (tertiary/aromatic N) is 4. The van der Waals surface area contributed by atoms with Crippen LogP contribution in [0, 0.1) is 0 Å². The number of aromatic nitrogens is 2. The Morgan fingerprint density at radius 1 is 1.08 bits per heavy atom. The van der Waals surface area contributed by atoms with Crippen LogP contribution in [-0.4, -0.2) is 59.1 Å². The molecule has 0 radical (unpaired) electrons. The van der Waals surface area contributed by atoms with Crippen LogP contribution >= 0.6 is 0 Å². The van der Waals surface area contributed by atoms with Crippen molar-refractivity contribution in [1.29, 1.82) is 0 Å². The van der Waals surface area contributed by atoms with E-state index < -0.39 is 6.09 Å².